The minimum absolute atomic E-state index is 0.109. The number of carbonyl (C=O) groups is 1. The third-order valence-electron chi connectivity index (χ3n) is 2.60. The van der Waals surface area contributed by atoms with Crippen LogP contribution in [0.3, 0.4) is 0 Å². The first-order chi connectivity index (χ1) is 9.69. The summed E-state index contributed by atoms with van der Waals surface area (Å²) in [4.78, 5) is 11.6. The van der Waals surface area contributed by atoms with Crippen molar-refractivity contribution in [3.8, 4) is 0 Å². The third kappa shape index (κ3) is 4.84. The van der Waals surface area contributed by atoms with Crippen molar-refractivity contribution < 1.29 is 13.2 Å². The predicted molar refractivity (Wildman–Crippen MR) is 86.6 cm³/mol. The van der Waals surface area contributed by atoms with Gasteiger partial charge in [0.1, 0.15) is 0 Å². The van der Waals surface area contributed by atoms with Crippen LogP contribution >= 0.6 is 27.5 Å². The lowest BCUT2D eigenvalue weighted by Crippen LogP contribution is -2.45. The van der Waals surface area contributed by atoms with E-state index in [1.807, 2.05) is 6.92 Å². The van der Waals surface area contributed by atoms with Crippen molar-refractivity contribution >= 4 is 49.1 Å². The van der Waals surface area contributed by atoms with Gasteiger partial charge in [-0.3, -0.25) is 4.79 Å². The average Bonchev–Trinajstić information content (AvgIpc) is 2.39. The molecule has 0 aliphatic carbocycles. The van der Waals surface area contributed by atoms with Gasteiger partial charge in [-0.2, -0.15) is 4.72 Å². The fourth-order valence-corrected chi connectivity index (χ4v) is 4.03. The standard InChI is InChI=1S/C12H17BrClN3O3S/c1-3-4-16-12(18)7(2)17-21(19,20)10-6-8(14)5-9(15)11(10)13/h5-7,17H,3-4,15H2,1-2H3,(H,16,18). The van der Waals surface area contributed by atoms with E-state index in [0.717, 1.165) is 6.42 Å². The topological polar surface area (TPSA) is 101 Å². The summed E-state index contributed by atoms with van der Waals surface area (Å²) in [7, 11) is -3.93. The summed E-state index contributed by atoms with van der Waals surface area (Å²) in [5.41, 5.74) is 5.87. The van der Waals surface area contributed by atoms with Crippen LogP contribution < -0.4 is 15.8 Å². The van der Waals surface area contributed by atoms with Gasteiger partial charge in [-0.05, 0) is 41.4 Å². The number of halogens is 2. The molecule has 6 nitrogen and oxygen atoms in total. The van der Waals surface area contributed by atoms with Gasteiger partial charge in [-0.1, -0.05) is 18.5 Å². The van der Waals surface area contributed by atoms with Gasteiger partial charge in [-0.15, -0.1) is 0 Å². The fourth-order valence-electron chi connectivity index (χ4n) is 1.53. The molecule has 0 aliphatic heterocycles. The monoisotopic (exact) mass is 397 g/mol. The molecular weight excluding hydrogens is 382 g/mol. The molecule has 9 heteroatoms. The quantitative estimate of drug-likeness (QED) is 0.637. The Morgan fingerprint density at radius 3 is 2.67 bits per heavy atom. The Morgan fingerprint density at radius 2 is 2.10 bits per heavy atom. The Balaban J connectivity index is 3.00. The molecule has 0 aliphatic rings. The summed E-state index contributed by atoms with van der Waals surface area (Å²) in [5, 5.41) is 2.81. The summed E-state index contributed by atoms with van der Waals surface area (Å²) in [6.45, 7) is 3.85. The summed E-state index contributed by atoms with van der Waals surface area (Å²) in [5.74, 6) is -0.397. The van der Waals surface area contributed by atoms with E-state index >= 15 is 0 Å². The maximum atomic E-state index is 12.3. The van der Waals surface area contributed by atoms with Crippen LogP contribution in [-0.4, -0.2) is 26.9 Å². The molecule has 0 saturated heterocycles. The zero-order valence-corrected chi connectivity index (χ0v) is 14.8. The van der Waals surface area contributed by atoms with E-state index in [9.17, 15) is 13.2 Å². The summed E-state index contributed by atoms with van der Waals surface area (Å²) < 4.78 is 27.1. The second-order valence-electron chi connectivity index (χ2n) is 4.44. The van der Waals surface area contributed by atoms with E-state index in [4.69, 9.17) is 17.3 Å². The van der Waals surface area contributed by atoms with E-state index in [1.165, 1.54) is 19.1 Å². The van der Waals surface area contributed by atoms with Crippen molar-refractivity contribution in [2.24, 2.45) is 0 Å². The van der Waals surface area contributed by atoms with E-state index in [-0.39, 0.29) is 20.1 Å². The third-order valence-corrected chi connectivity index (χ3v) is 5.53. The van der Waals surface area contributed by atoms with Crippen LogP contribution in [0.1, 0.15) is 20.3 Å². The van der Waals surface area contributed by atoms with Crippen LogP contribution in [0.15, 0.2) is 21.5 Å². The Morgan fingerprint density at radius 1 is 1.48 bits per heavy atom. The van der Waals surface area contributed by atoms with Crippen molar-refractivity contribution in [3.63, 3.8) is 0 Å². The Kier molecular flexibility index (Phi) is 6.45. The lowest BCUT2D eigenvalue weighted by Gasteiger charge is -2.15. The predicted octanol–water partition coefficient (Wildman–Crippen LogP) is 1.88. The maximum absolute atomic E-state index is 12.3. The highest BCUT2D eigenvalue weighted by Gasteiger charge is 2.25. The molecule has 4 N–H and O–H groups in total. The summed E-state index contributed by atoms with van der Waals surface area (Å²) in [6.07, 6.45) is 0.765. The normalized spacial score (nSPS) is 13.0. The van der Waals surface area contributed by atoms with Crippen LogP contribution in [0.2, 0.25) is 5.02 Å². The van der Waals surface area contributed by atoms with E-state index < -0.39 is 22.0 Å². The smallest absolute Gasteiger partial charge is 0.242 e. The van der Waals surface area contributed by atoms with Crippen molar-refractivity contribution in [2.45, 2.75) is 31.2 Å². The minimum atomic E-state index is -3.93. The highest BCUT2D eigenvalue weighted by atomic mass is 79.9. The molecule has 21 heavy (non-hydrogen) atoms. The SMILES string of the molecule is CCCNC(=O)C(C)NS(=O)(=O)c1cc(Cl)cc(N)c1Br. The largest absolute Gasteiger partial charge is 0.398 e. The fraction of sp³-hybridized carbons (Fsp3) is 0.417. The molecule has 0 heterocycles. The number of rotatable bonds is 6. The van der Waals surface area contributed by atoms with Crippen LogP contribution in [0.25, 0.3) is 0 Å². The number of anilines is 1. The van der Waals surface area contributed by atoms with Crippen LogP contribution in [0, 0.1) is 0 Å². The molecule has 1 atom stereocenters. The molecule has 0 saturated carbocycles. The molecule has 1 unspecified atom stereocenters. The lowest BCUT2D eigenvalue weighted by molar-refractivity contribution is -0.122. The number of sulfonamides is 1. The first-order valence-corrected chi connectivity index (χ1v) is 8.89. The van der Waals surface area contributed by atoms with Crippen molar-refractivity contribution in [1.29, 1.82) is 0 Å². The number of nitrogens with two attached hydrogens (primary N) is 1. The van der Waals surface area contributed by atoms with Crippen molar-refractivity contribution in [1.82, 2.24) is 10.0 Å². The second kappa shape index (κ2) is 7.44. The van der Waals surface area contributed by atoms with Gasteiger partial charge in [0.15, 0.2) is 0 Å². The molecule has 1 aromatic rings. The number of carbonyl (C=O) groups excluding carboxylic acids is 1. The second-order valence-corrected chi connectivity index (χ2v) is 7.35. The molecule has 1 rings (SSSR count). The van der Waals surface area contributed by atoms with Crippen LogP contribution in [0.4, 0.5) is 5.69 Å². The van der Waals surface area contributed by atoms with Gasteiger partial charge < -0.3 is 11.1 Å². The van der Waals surface area contributed by atoms with Gasteiger partial charge in [0, 0.05) is 17.3 Å². The molecule has 0 radical (unpaired) electrons. The molecule has 0 fully saturated rings. The summed E-state index contributed by atoms with van der Waals surface area (Å²) in [6, 6.07) is 1.79. The number of amides is 1. The number of nitrogen functional groups attached to an aromatic ring is 1. The number of hydrogen-bond acceptors (Lipinski definition) is 4. The molecule has 1 amide bonds. The summed E-state index contributed by atoms with van der Waals surface area (Å²) >= 11 is 8.94. The Labute approximate surface area is 137 Å². The van der Waals surface area contributed by atoms with Crippen molar-refractivity contribution in [3.05, 3.63) is 21.6 Å². The maximum Gasteiger partial charge on any atom is 0.242 e. The molecule has 1 aromatic carbocycles. The zero-order valence-electron chi connectivity index (χ0n) is 11.6. The average molecular weight is 399 g/mol. The Bertz CT molecular complexity index is 637. The first kappa shape index (κ1) is 18.2. The lowest BCUT2D eigenvalue weighted by atomic mass is 10.3. The van der Waals surface area contributed by atoms with E-state index in [2.05, 4.69) is 26.0 Å². The highest BCUT2D eigenvalue weighted by molar-refractivity contribution is 9.10. The van der Waals surface area contributed by atoms with Gasteiger partial charge >= 0.3 is 0 Å². The van der Waals surface area contributed by atoms with Crippen LogP contribution in [-0.2, 0) is 14.8 Å². The van der Waals surface area contributed by atoms with Gasteiger partial charge in [-0.25, -0.2) is 8.42 Å². The van der Waals surface area contributed by atoms with Crippen LogP contribution in [0.5, 0.6) is 0 Å². The number of hydrogen-bond donors (Lipinski definition) is 3. The molecule has 118 valence electrons. The van der Waals surface area contributed by atoms with Gasteiger partial charge in [0.25, 0.3) is 0 Å². The van der Waals surface area contributed by atoms with Gasteiger partial charge in [0.05, 0.1) is 15.4 Å². The van der Waals surface area contributed by atoms with Crippen molar-refractivity contribution in [2.75, 3.05) is 12.3 Å². The highest BCUT2D eigenvalue weighted by Crippen LogP contribution is 2.31. The Hall–Kier alpha value is -0.830. The van der Waals surface area contributed by atoms with E-state index in [0.29, 0.717) is 6.54 Å². The number of benzene rings is 1. The van der Waals surface area contributed by atoms with Gasteiger partial charge in [0.2, 0.25) is 15.9 Å². The molecule has 0 aromatic heterocycles. The minimum Gasteiger partial charge on any atom is -0.398 e. The molecule has 0 bridgehead atoms. The zero-order chi connectivity index (χ0) is 16.2. The van der Waals surface area contributed by atoms with E-state index in [1.54, 1.807) is 0 Å². The molecule has 0 spiro atoms. The number of nitrogens with one attached hydrogen (secondary N) is 2. The first-order valence-electron chi connectivity index (χ1n) is 6.23. The molecular formula is C12H17BrClN3O3S.